The van der Waals surface area contributed by atoms with Gasteiger partial charge < -0.3 is 28.8 Å². The van der Waals surface area contributed by atoms with E-state index in [4.69, 9.17) is 14.2 Å². The van der Waals surface area contributed by atoms with Gasteiger partial charge in [-0.3, -0.25) is 4.79 Å². The minimum absolute atomic E-state index is 0.0280. The minimum Gasteiger partial charge on any atom is -0.508 e. The number of carbonyl (C=O) groups is 3. The van der Waals surface area contributed by atoms with Gasteiger partial charge in [-0.25, -0.2) is 9.59 Å². The average molecular weight is 406 g/mol. The number of rotatable bonds is 5. The molecule has 9 nitrogen and oxygen atoms in total. The predicted molar refractivity (Wildman–Crippen MR) is 102 cm³/mol. The first kappa shape index (κ1) is 23.3. The molecule has 9 heteroatoms. The van der Waals surface area contributed by atoms with Gasteiger partial charge in [-0.15, -0.1) is 0 Å². The lowest BCUT2D eigenvalue weighted by Gasteiger charge is -2.07. The third kappa shape index (κ3) is 7.41. The number of benzene rings is 2. The molecule has 0 unspecified atom stereocenters. The molecule has 0 saturated heterocycles. The molecule has 156 valence electrons. The lowest BCUT2D eigenvalue weighted by Crippen LogP contribution is -2.05. The second kappa shape index (κ2) is 11.2. The van der Waals surface area contributed by atoms with E-state index in [0.29, 0.717) is 11.5 Å². The van der Waals surface area contributed by atoms with E-state index in [9.17, 15) is 19.5 Å². The average Bonchev–Trinajstić information content (AvgIpc) is 2.71. The van der Waals surface area contributed by atoms with Gasteiger partial charge in [0.25, 0.3) is 0 Å². The summed E-state index contributed by atoms with van der Waals surface area (Å²) in [6, 6.07) is 8.63. The van der Waals surface area contributed by atoms with Gasteiger partial charge in [0.1, 0.15) is 23.0 Å². The summed E-state index contributed by atoms with van der Waals surface area (Å²) < 4.78 is 23.7. The van der Waals surface area contributed by atoms with Crippen molar-refractivity contribution in [2.45, 2.75) is 6.92 Å². The smallest absolute Gasteiger partial charge is 0.338 e. The molecule has 0 spiro atoms. The fourth-order valence-corrected chi connectivity index (χ4v) is 2.09. The zero-order valence-electron chi connectivity index (χ0n) is 16.7. The molecule has 0 amide bonds. The summed E-state index contributed by atoms with van der Waals surface area (Å²) in [5.74, 6) is -0.447. The fourth-order valence-electron chi connectivity index (χ4n) is 2.09. The molecule has 0 aliphatic rings. The lowest BCUT2D eigenvalue weighted by atomic mass is 10.2. The van der Waals surface area contributed by atoms with Crippen LogP contribution in [0.3, 0.4) is 0 Å². The van der Waals surface area contributed by atoms with Crippen LogP contribution in [0.2, 0.25) is 0 Å². The van der Waals surface area contributed by atoms with Crippen LogP contribution >= 0.6 is 0 Å². The van der Waals surface area contributed by atoms with Crippen LogP contribution in [0.5, 0.6) is 23.0 Å². The summed E-state index contributed by atoms with van der Waals surface area (Å²) in [7, 11) is 5.45. The van der Waals surface area contributed by atoms with Gasteiger partial charge in [0.15, 0.2) is 0 Å². The number of aromatic hydroxyl groups is 1. The van der Waals surface area contributed by atoms with Gasteiger partial charge in [0.2, 0.25) is 0 Å². The van der Waals surface area contributed by atoms with Crippen LogP contribution in [0.1, 0.15) is 27.6 Å². The minimum atomic E-state index is -0.521. The SMILES string of the molecule is COC(=O)c1cc(O)cc(OC)c1.COC(=O)c1cc(OC)cc(OC(C)=O)c1. The first-order valence-electron chi connectivity index (χ1n) is 8.16. The predicted octanol–water partition coefficient (Wildman–Crippen LogP) is 2.59. The quantitative estimate of drug-likeness (QED) is 0.590. The lowest BCUT2D eigenvalue weighted by molar-refractivity contribution is -0.131. The molecule has 0 aliphatic carbocycles. The van der Waals surface area contributed by atoms with E-state index in [1.165, 1.54) is 71.8 Å². The molecule has 0 saturated carbocycles. The summed E-state index contributed by atoms with van der Waals surface area (Å²) in [5.41, 5.74) is 0.525. The van der Waals surface area contributed by atoms with Crippen LogP contribution in [0, 0.1) is 0 Å². The summed E-state index contributed by atoms with van der Waals surface area (Å²) in [6.45, 7) is 1.28. The third-order valence-corrected chi connectivity index (χ3v) is 3.35. The Morgan fingerprint density at radius 2 is 1.14 bits per heavy atom. The monoisotopic (exact) mass is 406 g/mol. The van der Waals surface area contributed by atoms with Crippen LogP contribution in [-0.2, 0) is 14.3 Å². The Morgan fingerprint density at radius 3 is 1.59 bits per heavy atom. The highest BCUT2D eigenvalue weighted by atomic mass is 16.5. The number of methoxy groups -OCH3 is 4. The van der Waals surface area contributed by atoms with E-state index in [1.807, 2.05) is 0 Å². The van der Waals surface area contributed by atoms with E-state index < -0.39 is 17.9 Å². The van der Waals surface area contributed by atoms with Crippen molar-refractivity contribution in [3.8, 4) is 23.0 Å². The van der Waals surface area contributed by atoms with Crippen molar-refractivity contribution in [2.24, 2.45) is 0 Å². The van der Waals surface area contributed by atoms with Crippen molar-refractivity contribution in [3.05, 3.63) is 47.5 Å². The Balaban J connectivity index is 0.000000296. The first-order valence-corrected chi connectivity index (χ1v) is 8.16. The van der Waals surface area contributed by atoms with Gasteiger partial charge in [-0.2, -0.15) is 0 Å². The highest BCUT2D eigenvalue weighted by Crippen LogP contribution is 2.23. The van der Waals surface area contributed by atoms with Crippen molar-refractivity contribution in [1.29, 1.82) is 0 Å². The molecule has 0 aromatic heterocycles. The summed E-state index contributed by atoms with van der Waals surface area (Å²) in [5, 5.41) is 9.18. The Labute approximate surface area is 167 Å². The van der Waals surface area contributed by atoms with Crippen LogP contribution in [0.4, 0.5) is 0 Å². The number of phenolic OH excluding ortho intramolecular Hbond substituents is 1. The summed E-state index contributed by atoms with van der Waals surface area (Å²) >= 11 is 0. The van der Waals surface area contributed by atoms with Crippen LogP contribution in [0.15, 0.2) is 36.4 Å². The molecule has 0 heterocycles. The van der Waals surface area contributed by atoms with Crippen molar-refractivity contribution >= 4 is 17.9 Å². The van der Waals surface area contributed by atoms with E-state index in [1.54, 1.807) is 0 Å². The van der Waals surface area contributed by atoms with E-state index in [2.05, 4.69) is 9.47 Å². The second-order valence-electron chi connectivity index (χ2n) is 5.39. The van der Waals surface area contributed by atoms with Crippen molar-refractivity contribution in [1.82, 2.24) is 0 Å². The van der Waals surface area contributed by atoms with Gasteiger partial charge in [-0.1, -0.05) is 0 Å². The van der Waals surface area contributed by atoms with Gasteiger partial charge >= 0.3 is 17.9 Å². The fraction of sp³-hybridized carbons (Fsp3) is 0.250. The molecule has 1 N–H and O–H groups in total. The molecule has 29 heavy (non-hydrogen) atoms. The zero-order chi connectivity index (χ0) is 22.0. The molecule has 0 bridgehead atoms. The maximum absolute atomic E-state index is 11.3. The van der Waals surface area contributed by atoms with Crippen LogP contribution in [-0.4, -0.2) is 51.5 Å². The normalized spacial score (nSPS) is 9.41. The molecule has 0 aliphatic heterocycles. The molecular formula is C20H22O9. The number of carbonyl (C=O) groups excluding carboxylic acids is 3. The molecule has 0 atom stereocenters. The summed E-state index contributed by atoms with van der Waals surface area (Å²) in [6.07, 6.45) is 0. The van der Waals surface area contributed by atoms with Crippen LogP contribution < -0.4 is 14.2 Å². The number of phenols is 1. The zero-order valence-corrected chi connectivity index (χ0v) is 16.7. The number of hydrogen-bond donors (Lipinski definition) is 1. The van der Waals surface area contributed by atoms with Gasteiger partial charge in [0.05, 0.1) is 39.6 Å². The van der Waals surface area contributed by atoms with E-state index >= 15 is 0 Å². The number of ether oxygens (including phenoxy) is 5. The second-order valence-corrected chi connectivity index (χ2v) is 5.39. The maximum Gasteiger partial charge on any atom is 0.338 e. The Kier molecular flexibility index (Phi) is 8.97. The van der Waals surface area contributed by atoms with E-state index in [-0.39, 0.29) is 22.6 Å². The highest BCUT2D eigenvalue weighted by molar-refractivity contribution is 5.91. The van der Waals surface area contributed by atoms with Crippen molar-refractivity contribution < 1.29 is 43.2 Å². The Morgan fingerprint density at radius 1 is 0.690 bits per heavy atom. The number of hydrogen-bond acceptors (Lipinski definition) is 9. The molecule has 0 radical (unpaired) electrons. The number of esters is 3. The Bertz CT molecular complexity index is 874. The van der Waals surface area contributed by atoms with Gasteiger partial charge in [-0.05, 0) is 24.3 Å². The standard InChI is InChI=1S/C11H12O5.C9H10O4/c1-7(12)16-10-5-8(11(13)15-3)4-9(6-10)14-2;1-12-8-4-6(9(11)13-2)3-7(10)5-8/h4-6H,1-3H3;3-5,10H,1-2H3. The molecule has 2 aromatic rings. The van der Waals surface area contributed by atoms with Crippen LogP contribution in [0.25, 0.3) is 0 Å². The maximum atomic E-state index is 11.3. The van der Waals surface area contributed by atoms with E-state index in [0.717, 1.165) is 0 Å². The third-order valence-electron chi connectivity index (χ3n) is 3.35. The van der Waals surface area contributed by atoms with Crippen molar-refractivity contribution in [2.75, 3.05) is 28.4 Å². The topological polar surface area (TPSA) is 118 Å². The largest absolute Gasteiger partial charge is 0.508 e. The molecule has 2 rings (SSSR count). The highest BCUT2D eigenvalue weighted by Gasteiger charge is 2.11. The Hall–Kier alpha value is -3.75. The van der Waals surface area contributed by atoms with Gasteiger partial charge in [0, 0.05) is 19.1 Å². The summed E-state index contributed by atoms with van der Waals surface area (Å²) in [4.78, 5) is 33.1. The molecule has 0 fully saturated rings. The molecule has 2 aromatic carbocycles. The first-order chi connectivity index (χ1) is 13.7. The van der Waals surface area contributed by atoms with Crippen molar-refractivity contribution in [3.63, 3.8) is 0 Å². The molecular weight excluding hydrogens is 384 g/mol.